The standard InChI is InChI=1S/C12H18INO2/c1-15-6-7-16-9-12(14)8-10-2-4-11(13)5-3-10/h2-5,12H,6-9,14H2,1H3. The molecule has 0 aliphatic rings. The SMILES string of the molecule is COCCOCC(N)Cc1ccc(I)cc1. The number of methoxy groups -OCH3 is 1. The minimum atomic E-state index is 0.0527. The molecule has 0 fully saturated rings. The van der Waals surface area contributed by atoms with Crippen molar-refractivity contribution >= 4 is 22.6 Å². The third-order valence-electron chi connectivity index (χ3n) is 2.17. The van der Waals surface area contributed by atoms with Crippen LogP contribution in [-0.2, 0) is 15.9 Å². The van der Waals surface area contributed by atoms with Gasteiger partial charge in [0.05, 0.1) is 19.8 Å². The smallest absolute Gasteiger partial charge is 0.0701 e. The van der Waals surface area contributed by atoms with Crippen LogP contribution in [-0.4, -0.2) is 33.0 Å². The van der Waals surface area contributed by atoms with Gasteiger partial charge in [-0.15, -0.1) is 0 Å². The second-order valence-corrected chi connectivity index (χ2v) is 4.90. The van der Waals surface area contributed by atoms with E-state index in [-0.39, 0.29) is 6.04 Å². The van der Waals surface area contributed by atoms with E-state index in [0.717, 1.165) is 6.42 Å². The molecule has 2 N–H and O–H groups in total. The molecule has 0 aromatic heterocycles. The Morgan fingerprint density at radius 3 is 2.56 bits per heavy atom. The van der Waals surface area contributed by atoms with Gasteiger partial charge in [0.2, 0.25) is 0 Å². The van der Waals surface area contributed by atoms with E-state index in [1.807, 2.05) is 0 Å². The Hall–Kier alpha value is -0.170. The second-order valence-electron chi connectivity index (χ2n) is 3.66. The Morgan fingerprint density at radius 2 is 1.94 bits per heavy atom. The summed E-state index contributed by atoms with van der Waals surface area (Å²) in [4.78, 5) is 0. The van der Waals surface area contributed by atoms with Crippen molar-refractivity contribution in [1.29, 1.82) is 0 Å². The first-order valence-corrected chi connectivity index (χ1v) is 6.37. The number of hydrogen-bond acceptors (Lipinski definition) is 3. The summed E-state index contributed by atoms with van der Waals surface area (Å²) in [7, 11) is 1.66. The molecule has 0 radical (unpaired) electrons. The molecule has 0 aliphatic heterocycles. The number of rotatable bonds is 7. The van der Waals surface area contributed by atoms with Gasteiger partial charge in [-0.25, -0.2) is 0 Å². The molecule has 1 unspecified atom stereocenters. The summed E-state index contributed by atoms with van der Waals surface area (Å²) in [6.45, 7) is 1.81. The van der Waals surface area contributed by atoms with Gasteiger partial charge in [0.1, 0.15) is 0 Å². The molecule has 0 heterocycles. The Kier molecular flexibility index (Phi) is 6.95. The maximum absolute atomic E-state index is 5.96. The number of halogens is 1. The van der Waals surface area contributed by atoms with Gasteiger partial charge in [-0.3, -0.25) is 0 Å². The molecule has 0 saturated heterocycles. The maximum Gasteiger partial charge on any atom is 0.0701 e. The largest absolute Gasteiger partial charge is 0.382 e. The highest BCUT2D eigenvalue weighted by molar-refractivity contribution is 14.1. The molecule has 1 aromatic rings. The predicted molar refractivity (Wildman–Crippen MR) is 73.5 cm³/mol. The monoisotopic (exact) mass is 335 g/mol. The number of hydrogen-bond donors (Lipinski definition) is 1. The van der Waals surface area contributed by atoms with Crippen molar-refractivity contribution in [3.63, 3.8) is 0 Å². The first-order valence-electron chi connectivity index (χ1n) is 5.29. The minimum Gasteiger partial charge on any atom is -0.382 e. The lowest BCUT2D eigenvalue weighted by Crippen LogP contribution is -2.29. The van der Waals surface area contributed by atoms with Gasteiger partial charge in [-0.05, 0) is 46.7 Å². The quantitative estimate of drug-likeness (QED) is 0.611. The first kappa shape index (κ1) is 13.9. The lowest BCUT2D eigenvalue weighted by molar-refractivity contribution is 0.0637. The van der Waals surface area contributed by atoms with Crippen molar-refractivity contribution in [3.05, 3.63) is 33.4 Å². The summed E-state index contributed by atoms with van der Waals surface area (Å²) in [6, 6.07) is 8.45. The van der Waals surface area contributed by atoms with E-state index in [1.54, 1.807) is 7.11 Å². The molecule has 0 aliphatic carbocycles. The van der Waals surface area contributed by atoms with Crippen molar-refractivity contribution in [1.82, 2.24) is 0 Å². The molecule has 1 atom stereocenters. The second kappa shape index (κ2) is 8.00. The van der Waals surface area contributed by atoms with E-state index in [9.17, 15) is 0 Å². The highest BCUT2D eigenvalue weighted by Crippen LogP contribution is 2.08. The van der Waals surface area contributed by atoms with Gasteiger partial charge >= 0.3 is 0 Å². The molecule has 1 aromatic carbocycles. The Morgan fingerprint density at radius 1 is 1.25 bits per heavy atom. The molecule has 90 valence electrons. The first-order chi connectivity index (χ1) is 7.72. The normalized spacial score (nSPS) is 12.7. The van der Waals surface area contributed by atoms with Crippen LogP contribution in [0.3, 0.4) is 0 Å². The van der Waals surface area contributed by atoms with Crippen LogP contribution in [0.2, 0.25) is 0 Å². The summed E-state index contributed by atoms with van der Waals surface area (Å²) in [5.41, 5.74) is 7.21. The van der Waals surface area contributed by atoms with Gasteiger partial charge in [0, 0.05) is 16.7 Å². The fourth-order valence-electron chi connectivity index (χ4n) is 1.36. The average Bonchev–Trinajstić information content (AvgIpc) is 2.28. The van der Waals surface area contributed by atoms with Crippen molar-refractivity contribution in [3.8, 4) is 0 Å². The molecule has 0 amide bonds. The zero-order valence-electron chi connectivity index (χ0n) is 9.49. The van der Waals surface area contributed by atoms with Crippen LogP contribution < -0.4 is 5.73 Å². The summed E-state index contributed by atoms with van der Waals surface area (Å²) < 4.78 is 11.5. The van der Waals surface area contributed by atoms with Gasteiger partial charge in [-0.1, -0.05) is 12.1 Å². The summed E-state index contributed by atoms with van der Waals surface area (Å²) in [6.07, 6.45) is 0.851. The number of benzene rings is 1. The van der Waals surface area contributed by atoms with E-state index < -0.39 is 0 Å². The van der Waals surface area contributed by atoms with Crippen LogP contribution in [0.1, 0.15) is 5.56 Å². The van der Waals surface area contributed by atoms with Crippen LogP contribution in [0.5, 0.6) is 0 Å². The van der Waals surface area contributed by atoms with Crippen molar-refractivity contribution in [2.45, 2.75) is 12.5 Å². The highest BCUT2D eigenvalue weighted by atomic mass is 127. The average molecular weight is 335 g/mol. The van der Waals surface area contributed by atoms with Crippen LogP contribution in [0.25, 0.3) is 0 Å². The molecular formula is C12H18INO2. The molecule has 0 saturated carbocycles. The molecule has 4 heteroatoms. The summed E-state index contributed by atoms with van der Waals surface area (Å²) in [5.74, 6) is 0. The van der Waals surface area contributed by atoms with Crippen LogP contribution in [0.15, 0.2) is 24.3 Å². The van der Waals surface area contributed by atoms with E-state index in [2.05, 4.69) is 46.9 Å². The molecule has 0 bridgehead atoms. The number of nitrogens with two attached hydrogens (primary N) is 1. The Labute approximate surface area is 110 Å². The topological polar surface area (TPSA) is 44.5 Å². The van der Waals surface area contributed by atoms with E-state index in [0.29, 0.717) is 19.8 Å². The summed E-state index contributed by atoms with van der Waals surface area (Å²) in [5, 5.41) is 0. The van der Waals surface area contributed by atoms with Crippen LogP contribution >= 0.6 is 22.6 Å². The molecule has 16 heavy (non-hydrogen) atoms. The molecule has 1 rings (SSSR count). The van der Waals surface area contributed by atoms with Crippen molar-refractivity contribution < 1.29 is 9.47 Å². The fourth-order valence-corrected chi connectivity index (χ4v) is 1.72. The zero-order chi connectivity index (χ0) is 11.8. The summed E-state index contributed by atoms with van der Waals surface area (Å²) >= 11 is 2.29. The van der Waals surface area contributed by atoms with Gasteiger partial charge in [-0.2, -0.15) is 0 Å². The third-order valence-corrected chi connectivity index (χ3v) is 2.89. The minimum absolute atomic E-state index is 0.0527. The third kappa shape index (κ3) is 5.79. The Balaban J connectivity index is 2.23. The van der Waals surface area contributed by atoms with Gasteiger partial charge in [0.25, 0.3) is 0 Å². The zero-order valence-corrected chi connectivity index (χ0v) is 11.6. The molecule has 3 nitrogen and oxygen atoms in total. The molecular weight excluding hydrogens is 317 g/mol. The van der Waals surface area contributed by atoms with Crippen molar-refractivity contribution in [2.75, 3.05) is 26.9 Å². The van der Waals surface area contributed by atoms with Crippen molar-refractivity contribution in [2.24, 2.45) is 5.73 Å². The maximum atomic E-state index is 5.96. The van der Waals surface area contributed by atoms with Crippen LogP contribution in [0.4, 0.5) is 0 Å². The van der Waals surface area contributed by atoms with E-state index in [1.165, 1.54) is 9.13 Å². The lowest BCUT2D eigenvalue weighted by Gasteiger charge is -2.12. The van der Waals surface area contributed by atoms with Gasteiger partial charge < -0.3 is 15.2 Å². The molecule has 0 spiro atoms. The highest BCUT2D eigenvalue weighted by Gasteiger charge is 2.04. The van der Waals surface area contributed by atoms with E-state index >= 15 is 0 Å². The predicted octanol–water partition coefficient (Wildman–Crippen LogP) is 1.82. The Bertz CT molecular complexity index is 290. The van der Waals surface area contributed by atoms with Gasteiger partial charge in [0.15, 0.2) is 0 Å². The van der Waals surface area contributed by atoms with E-state index in [4.69, 9.17) is 15.2 Å². The number of ether oxygens (including phenoxy) is 2. The lowest BCUT2D eigenvalue weighted by atomic mass is 10.1. The fraction of sp³-hybridized carbons (Fsp3) is 0.500. The van der Waals surface area contributed by atoms with Crippen LogP contribution in [0, 0.1) is 3.57 Å².